The van der Waals surface area contributed by atoms with Crippen LogP contribution in [0.4, 0.5) is 5.69 Å². The van der Waals surface area contributed by atoms with Gasteiger partial charge in [0.25, 0.3) is 11.6 Å². The van der Waals surface area contributed by atoms with Crippen molar-refractivity contribution in [1.29, 1.82) is 0 Å². The Bertz CT molecular complexity index is 479. The predicted octanol–water partition coefficient (Wildman–Crippen LogP) is 1.93. The van der Waals surface area contributed by atoms with Crippen molar-refractivity contribution in [3.8, 4) is 0 Å². The van der Waals surface area contributed by atoms with Crippen LogP contribution in [0.25, 0.3) is 0 Å². The summed E-state index contributed by atoms with van der Waals surface area (Å²) in [6.45, 7) is 1.38. The van der Waals surface area contributed by atoms with Gasteiger partial charge in [-0.05, 0) is 32.1 Å². The number of hydrogen-bond acceptors (Lipinski definition) is 4. The second kappa shape index (κ2) is 7.06. The maximum Gasteiger partial charge on any atom is 0.288 e. The first kappa shape index (κ1) is 15.4. The molecule has 0 saturated carbocycles. The van der Waals surface area contributed by atoms with E-state index in [1.165, 1.54) is 23.1 Å². The average molecular weight is 286 g/mol. The lowest BCUT2D eigenvalue weighted by molar-refractivity contribution is -0.384. The molecule has 0 aliphatic carbocycles. The number of nitro benzene ring substituents is 1. The molecular weight excluding hydrogens is 270 g/mol. The summed E-state index contributed by atoms with van der Waals surface area (Å²) in [6, 6.07) is 4.07. The Balaban J connectivity index is 2.82. The highest BCUT2D eigenvalue weighted by Gasteiger charge is 2.18. The Morgan fingerprint density at radius 2 is 2.21 bits per heavy atom. The van der Waals surface area contributed by atoms with Crippen LogP contribution in [0, 0.1) is 10.1 Å². The molecule has 0 saturated heterocycles. The van der Waals surface area contributed by atoms with Crippen LogP contribution in [-0.2, 0) is 0 Å². The molecule has 0 aliphatic heterocycles. The van der Waals surface area contributed by atoms with Gasteiger partial charge in [-0.2, -0.15) is 0 Å². The summed E-state index contributed by atoms with van der Waals surface area (Å²) >= 11 is 5.70. The smallest absolute Gasteiger partial charge is 0.288 e. The molecule has 104 valence electrons. The Kier molecular flexibility index (Phi) is 5.72. The minimum absolute atomic E-state index is 0.0272. The molecule has 1 N–H and O–H groups in total. The molecule has 0 bridgehead atoms. The number of halogens is 1. The minimum Gasteiger partial charge on any atom is -0.342 e. The Hall–Kier alpha value is -1.66. The van der Waals surface area contributed by atoms with Gasteiger partial charge in [0.2, 0.25) is 0 Å². The van der Waals surface area contributed by atoms with Crippen LogP contribution in [0.2, 0.25) is 5.02 Å². The van der Waals surface area contributed by atoms with Crippen LogP contribution >= 0.6 is 11.6 Å². The van der Waals surface area contributed by atoms with Crippen molar-refractivity contribution in [1.82, 2.24) is 10.2 Å². The molecule has 0 fully saturated rings. The highest BCUT2D eigenvalue weighted by molar-refractivity contribution is 6.32. The molecule has 1 aromatic carbocycles. The molecule has 6 nitrogen and oxygen atoms in total. The third-order valence-corrected chi connectivity index (χ3v) is 2.98. The molecule has 0 heterocycles. The van der Waals surface area contributed by atoms with Gasteiger partial charge in [0.15, 0.2) is 0 Å². The van der Waals surface area contributed by atoms with Crippen LogP contribution in [0.1, 0.15) is 16.8 Å². The summed E-state index contributed by atoms with van der Waals surface area (Å²) in [6.07, 6.45) is 0.814. The van der Waals surface area contributed by atoms with E-state index in [0.29, 0.717) is 6.54 Å². The molecule has 0 radical (unpaired) electrons. The normalized spacial score (nSPS) is 10.3. The molecule has 1 aromatic rings. The van der Waals surface area contributed by atoms with Gasteiger partial charge < -0.3 is 10.2 Å². The number of nitro groups is 1. The van der Waals surface area contributed by atoms with Gasteiger partial charge in [-0.15, -0.1) is 0 Å². The molecule has 7 heteroatoms. The van der Waals surface area contributed by atoms with Crippen LogP contribution in [0.15, 0.2) is 18.2 Å². The number of benzene rings is 1. The van der Waals surface area contributed by atoms with E-state index in [1.54, 1.807) is 7.05 Å². The molecule has 0 aromatic heterocycles. The van der Waals surface area contributed by atoms with E-state index in [2.05, 4.69) is 5.32 Å². The van der Waals surface area contributed by atoms with Gasteiger partial charge in [-0.3, -0.25) is 14.9 Å². The van der Waals surface area contributed by atoms with Crippen LogP contribution in [0.3, 0.4) is 0 Å². The van der Waals surface area contributed by atoms with Gasteiger partial charge in [0.1, 0.15) is 5.02 Å². The monoisotopic (exact) mass is 285 g/mol. The maximum atomic E-state index is 12.1. The summed E-state index contributed by atoms with van der Waals surface area (Å²) in [5.74, 6) is -0.254. The van der Waals surface area contributed by atoms with Gasteiger partial charge in [-0.1, -0.05) is 11.6 Å². The molecule has 1 rings (SSSR count). The molecule has 0 unspecified atom stereocenters. The van der Waals surface area contributed by atoms with E-state index in [-0.39, 0.29) is 22.2 Å². The number of hydrogen-bond donors (Lipinski definition) is 1. The third-order valence-electron chi connectivity index (χ3n) is 2.66. The van der Waals surface area contributed by atoms with E-state index in [9.17, 15) is 14.9 Å². The molecular formula is C12H16ClN3O3. The zero-order valence-corrected chi connectivity index (χ0v) is 11.6. The number of carbonyl (C=O) groups is 1. The minimum atomic E-state index is -0.597. The maximum absolute atomic E-state index is 12.1. The second-order valence-electron chi connectivity index (χ2n) is 4.11. The molecule has 0 aliphatic rings. The van der Waals surface area contributed by atoms with Crippen molar-refractivity contribution in [2.24, 2.45) is 0 Å². The van der Waals surface area contributed by atoms with E-state index >= 15 is 0 Å². The molecule has 19 heavy (non-hydrogen) atoms. The van der Waals surface area contributed by atoms with E-state index in [0.717, 1.165) is 13.0 Å². The van der Waals surface area contributed by atoms with Crippen molar-refractivity contribution in [2.75, 3.05) is 27.2 Å². The first-order chi connectivity index (χ1) is 8.97. The Morgan fingerprint density at radius 1 is 1.53 bits per heavy atom. The van der Waals surface area contributed by atoms with Crippen molar-refractivity contribution in [3.63, 3.8) is 0 Å². The van der Waals surface area contributed by atoms with Crippen LogP contribution in [-0.4, -0.2) is 42.9 Å². The summed E-state index contributed by atoms with van der Waals surface area (Å²) in [5.41, 5.74) is 0.0131. The van der Waals surface area contributed by atoms with Gasteiger partial charge in [-0.25, -0.2) is 0 Å². The number of nitrogens with one attached hydrogen (secondary N) is 1. The number of amides is 1. The standard InChI is InChI=1S/C12H16ClN3O3/c1-14-6-3-7-15(2)12(17)9-4-5-10(13)11(8-9)16(18)19/h4-5,8,14H,3,6-7H2,1-2H3. The fourth-order valence-electron chi connectivity index (χ4n) is 1.60. The predicted molar refractivity (Wildman–Crippen MR) is 73.6 cm³/mol. The van der Waals surface area contributed by atoms with Crippen LogP contribution < -0.4 is 5.32 Å². The van der Waals surface area contributed by atoms with Gasteiger partial charge >= 0.3 is 0 Å². The zero-order valence-electron chi connectivity index (χ0n) is 10.9. The first-order valence-corrected chi connectivity index (χ1v) is 6.19. The fraction of sp³-hybridized carbons (Fsp3) is 0.417. The van der Waals surface area contributed by atoms with Crippen molar-refractivity contribution in [3.05, 3.63) is 38.9 Å². The second-order valence-corrected chi connectivity index (χ2v) is 4.51. The Morgan fingerprint density at radius 3 is 2.79 bits per heavy atom. The Labute approximate surface area is 116 Å². The van der Waals surface area contributed by atoms with E-state index in [4.69, 9.17) is 11.6 Å². The van der Waals surface area contributed by atoms with Crippen molar-refractivity contribution in [2.45, 2.75) is 6.42 Å². The van der Waals surface area contributed by atoms with Crippen LogP contribution in [0.5, 0.6) is 0 Å². The fourth-order valence-corrected chi connectivity index (χ4v) is 1.79. The highest BCUT2D eigenvalue weighted by Crippen LogP contribution is 2.25. The van der Waals surface area contributed by atoms with Gasteiger partial charge in [0, 0.05) is 25.2 Å². The third kappa shape index (κ3) is 4.18. The number of rotatable bonds is 6. The average Bonchev–Trinajstić information content (AvgIpc) is 2.38. The number of nitrogens with zero attached hydrogens (tertiary/aromatic N) is 2. The summed E-state index contributed by atoms with van der Waals surface area (Å²) < 4.78 is 0. The lowest BCUT2D eigenvalue weighted by Crippen LogP contribution is -2.29. The van der Waals surface area contributed by atoms with Crippen molar-refractivity contribution >= 4 is 23.2 Å². The van der Waals surface area contributed by atoms with E-state index < -0.39 is 4.92 Å². The number of carbonyl (C=O) groups excluding carboxylic acids is 1. The lowest BCUT2D eigenvalue weighted by Gasteiger charge is -2.17. The summed E-state index contributed by atoms with van der Waals surface area (Å²) in [7, 11) is 3.50. The largest absolute Gasteiger partial charge is 0.342 e. The van der Waals surface area contributed by atoms with Gasteiger partial charge in [0.05, 0.1) is 4.92 Å². The van der Waals surface area contributed by atoms with E-state index in [1.807, 2.05) is 7.05 Å². The SMILES string of the molecule is CNCCCN(C)C(=O)c1ccc(Cl)c([N+](=O)[O-])c1. The highest BCUT2D eigenvalue weighted by atomic mass is 35.5. The molecule has 1 amide bonds. The zero-order chi connectivity index (χ0) is 14.4. The molecule has 0 atom stereocenters. The van der Waals surface area contributed by atoms with Crippen molar-refractivity contribution < 1.29 is 9.72 Å². The topological polar surface area (TPSA) is 75.5 Å². The lowest BCUT2D eigenvalue weighted by atomic mass is 10.1. The molecule has 0 spiro atoms. The summed E-state index contributed by atoms with van der Waals surface area (Å²) in [5, 5.41) is 13.8. The quantitative estimate of drug-likeness (QED) is 0.492. The first-order valence-electron chi connectivity index (χ1n) is 5.81. The summed E-state index contributed by atoms with van der Waals surface area (Å²) in [4.78, 5) is 23.8.